The number of alkyl carbamates (subject to hydrolysis) is 1. The molecule has 0 bridgehead atoms. The second-order valence-electron chi connectivity index (χ2n) is 13.5. The van der Waals surface area contributed by atoms with Gasteiger partial charge < -0.3 is 25.4 Å². The predicted octanol–water partition coefficient (Wildman–Crippen LogP) is 6.89. The highest BCUT2D eigenvalue weighted by Gasteiger charge is 2.66. The fraction of sp³-hybridized carbons (Fsp3) is 0.429. The highest BCUT2D eigenvalue weighted by Crippen LogP contribution is 2.60. The number of carbonyl (C=O) groups is 2. The van der Waals surface area contributed by atoms with Crippen LogP contribution in [0.4, 0.5) is 32.4 Å². The highest BCUT2D eigenvalue weighted by molar-refractivity contribution is 6.30. The van der Waals surface area contributed by atoms with E-state index in [1.807, 2.05) is 12.1 Å². The summed E-state index contributed by atoms with van der Waals surface area (Å²) in [5.74, 6) is -1.66. The van der Waals surface area contributed by atoms with E-state index in [4.69, 9.17) is 21.1 Å². The minimum atomic E-state index is -4.54. The summed E-state index contributed by atoms with van der Waals surface area (Å²) in [6.07, 6.45) is -3.82. The van der Waals surface area contributed by atoms with Gasteiger partial charge in [0.05, 0.1) is 23.2 Å². The van der Waals surface area contributed by atoms with Crippen molar-refractivity contribution in [3.8, 4) is 0 Å². The molecule has 2 amide bonds. The normalized spacial score (nSPS) is 27.3. The van der Waals surface area contributed by atoms with Crippen molar-refractivity contribution < 1.29 is 41.0 Å². The summed E-state index contributed by atoms with van der Waals surface area (Å²) in [5.41, 5.74) is 0.0968. The molecule has 3 aromatic carbocycles. The molecule has 5 atom stereocenters. The van der Waals surface area contributed by atoms with Crippen molar-refractivity contribution in [2.24, 2.45) is 11.3 Å². The molecule has 4 aliphatic rings. The molecule has 1 aliphatic heterocycles. The monoisotopic (exact) mass is 689 g/mol. The van der Waals surface area contributed by atoms with Gasteiger partial charge in [0.1, 0.15) is 24.3 Å². The fourth-order valence-corrected chi connectivity index (χ4v) is 7.27. The third-order valence-corrected chi connectivity index (χ3v) is 10.5. The minimum Gasteiger partial charge on any atom is -0.444 e. The Hall–Kier alpha value is -3.74. The van der Waals surface area contributed by atoms with Gasteiger partial charge in [-0.25, -0.2) is 13.6 Å². The number of anilines is 1. The van der Waals surface area contributed by atoms with Gasteiger partial charge in [0.2, 0.25) is 5.91 Å². The summed E-state index contributed by atoms with van der Waals surface area (Å²) < 4.78 is 78.3. The quantitative estimate of drug-likeness (QED) is 0.213. The zero-order chi connectivity index (χ0) is 33.9. The number of rotatable bonds is 9. The van der Waals surface area contributed by atoms with E-state index < -0.39 is 59.0 Å². The molecular formula is C35H33ClF5N3O4. The first kappa shape index (κ1) is 32.8. The van der Waals surface area contributed by atoms with Crippen molar-refractivity contribution in [1.29, 1.82) is 0 Å². The number of hydrogen-bond acceptors (Lipinski definition) is 5. The number of halogens is 6. The summed E-state index contributed by atoms with van der Waals surface area (Å²) in [6.45, 7) is -0.886. The van der Waals surface area contributed by atoms with Gasteiger partial charge in [0, 0.05) is 35.2 Å². The topological polar surface area (TPSA) is 88.7 Å². The number of benzene rings is 3. The second kappa shape index (κ2) is 12.0. The zero-order valence-corrected chi connectivity index (χ0v) is 26.4. The van der Waals surface area contributed by atoms with Crippen molar-refractivity contribution in [2.45, 2.75) is 61.4 Å². The molecule has 0 aromatic heterocycles. The van der Waals surface area contributed by atoms with Crippen molar-refractivity contribution in [2.75, 3.05) is 25.0 Å². The van der Waals surface area contributed by atoms with Crippen LogP contribution < -0.4 is 16.0 Å². The van der Waals surface area contributed by atoms with Gasteiger partial charge in [-0.1, -0.05) is 41.9 Å². The summed E-state index contributed by atoms with van der Waals surface area (Å²) in [7, 11) is 0. The van der Waals surface area contributed by atoms with Crippen LogP contribution in [0.5, 0.6) is 0 Å². The van der Waals surface area contributed by atoms with Crippen LogP contribution in [-0.2, 0) is 20.7 Å². The third kappa shape index (κ3) is 6.49. The average molecular weight is 690 g/mol. The maximum Gasteiger partial charge on any atom is 0.407 e. The van der Waals surface area contributed by atoms with E-state index >= 15 is 4.39 Å². The minimum absolute atomic E-state index is 0.0629. The maximum atomic E-state index is 15.4. The maximum absolute atomic E-state index is 15.4. The third-order valence-electron chi connectivity index (χ3n) is 10.2. The first-order valence-corrected chi connectivity index (χ1v) is 16.2. The molecule has 3 saturated carbocycles. The van der Waals surface area contributed by atoms with Crippen LogP contribution in [0.2, 0.25) is 5.02 Å². The van der Waals surface area contributed by atoms with Gasteiger partial charge >= 0.3 is 12.3 Å². The van der Waals surface area contributed by atoms with Gasteiger partial charge in [0.25, 0.3) is 0 Å². The van der Waals surface area contributed by atoms with Crippen LogP contribution in [0, 0.1) is 23.0 Å². The van der Waals surface area contributed by atoms with Gasteiger partial charge in [-0.3, -0.25) is 4.79 Å². The molecule has 7 nitrogen and oxygen atoms in total. The Labute approximate surface area is 278 Å². The van der Waals surface area contributed by atoms with Crippen LogP contribution in [0.1, 0.15) is 48.3 Å². The lowest BCUT2D eigenvalue weighted by atomic mass is 9.77. The summed E-state index contributed by atoms with van der Waals surface area (Å²) in [5, 5.41) is 8.61. The van der Waals surface area contributed by atoms with Crippen LogP contribution in [0.15, 0.2) is 66.7 Å². The van der Waals surface area contributed by atoms with Crippen LogP contribution in [-0.4, -0.2) is 55.1 Å². The Morgan fingerprint density at radius 1 is 1.02 bits per heavy atom. The van der Waals surface area contributed by atoms with Crippen LogP contribution in [0.25, 0.3) is 0 Å². The van der Waals surface area contributed by atoms with E-state index in [0.717, 1.165) is 5.56 Å². The number of morpholine rings is 1. The molecule has 2 spiro atoms. The Morgan fingerprint density at radius 2 is 1.77 bits per heavy atom. The van der Waals surface area contributed by atoms with E-state index in [1.165, 1.54) is 18.2 Å². The number of amides is 2. The lowest BCUT2D eigenvalue weighted by Gasteiger charge is -2.32. The van der Waals surface area contributed by atoms with Gasteiger partial charge in [-0.2, -0.15) is 13.2 Å². The van der Waals surface area contributed by atoms with E-state index in [0.29, 0.717) is 60.5 Å². The molecule has 3 N–H and O–H groups in total. The molecular weight excluding hydrogens is 657 g/mol. The fourth-order valence-electron chi connectivity index (χ4n) is 7.15. The molecule has 1 saturated heterocycles. The van der Waals surface area contributed by atoms with Crippen LogP contribution in [0.3, 0.4) is 0 Å². The van der Waals surface area contributed by atoms with Crippen molar-refractivity contribution >= 4 is 29.3 Å². The molecule has 3 aliphatic carbocycles. The molecule has 3 aromatic rings. The van der Waals surface area contributed by atoms with E-state index in [9.17, 15) is 27.2 Å². The Kier molecular flexibility index (Phi) is 8.19. The largest absolute Gasteiger partial charge is 0.444 e. The highest BCUT2D eigenvalue weighted by atomic mass is 35.5. The summed E-state index contributed by atoms with van der Waals surface area (Å²) >= 11 is 6.15. The Bertz CT molecular complexity index is 1720. The molecule has 1 heterocycles. The lowest BCUT2D eigenvalue weighted by molar-refractivity contribution is -0.124. The van der Waals surface area contributed by atoms with E-state index in [2.05, 4.69) is 10.6 Å². The number of nitrogens with one attached hydrogen (secondary N) is 3. The number of hydrogen-bond donors (Lipinski definition) is 3. The Balaban J connectivity index is 1.02. The SMILES string of the molecule is O=C(NCC(F)(F)F)O[C@H]1CC12COC1(CN2)C[C@@H]1Cc1c(F)cccc1NC(=O)C1([C@@H](c2ccc(Cl)cc2)c2cccc(F)c2)CC1. The number of alkyl halides is 3. The molecule has 48 heavy (non-hydrogen) atoms. The van der Waals surface area contributed by atoms with Gasteiger partial charge in [0.15, 0.2) is 0 Å². The first-order valence-electron chi connectivity index (χ1n) is 15.8. The van der Waals surface area contributed by atoms with Crippen molar-refractivity contribution in [3.63, 3.8) is 0 Å². The van der Waals surface area contributed by atoms with E-state index in [-0.39, 0.29) is 18.4 Å². The average Bonchev–Trinajstić information content (AvgIpc) is 3.98. The molecule has 13 heteroatoms. The van der Waals surface area contributed by atoms with Gasteiger partial charge in [-0.05, 0) is 79.1 Å². The first-order chi connectivity index (χ1) is 22.8. The Morgan fingerprint density at radius 3 is 2.44 bits per heavy atom. The summed E-state index contributed by atoms with van der Waals surface area (Å²) in [4.78, 5) is 25.9. The second-order valence-corrected chi connectivity index (χ2v) is 13.9. The van der Waals surface area contributed by atoms with Crippen LogP contribution >= 0.6 is 11.6 Å². The number of carbonyl (C=O) groups excluding carboxylic acids is 2. The summed E-state index contributed by atoms with van der Waals surface area (Å²) in [6, 6.07) is 17.9. The lowest BCUT2D eigenvalue weighted by Crippen LogP contribution is -2.53. The zero-order valence-electron chi connectivity index (χ0n) is 25.6. The molecule has 4 fully saturated rings. The molecule has 2 unspecified atom stereocenters. The number of ether oxygens (including phenoxy) is 2. The molecule has 0 radical (unpaired) electrons. The van der Waals surface area contributed by atoms with Crippen molar-refractivity contribution in [3.05, 3.63) is 100 Å². The standard InChI is InChI=1S/C35H33ClF5N3O4/c36-23-9-7-20(8-10-23)29(21-3-1-4-24(37)13-21)32(11-12-32)30(45)44-27-6-2-5-26(38)25(27)14-22-15-34(22)17-43-33(19-47-34)16-28(33)48-31(46)42-18-35(39,40)41/h1-10,13,22,28-29,43H,11-12,14-19H2,(H,42,46)(H,44,45)/t22-,28-,29-,33?,34?/m0/s1. The smallest absolute Gasteiger partial charge is 0.407 e. The van der Waals surface area contributed by atoms with Crippen molar-refractivity contribution in [1.82, 2.24) is 10.6 Å². The molecule has 254 valence electrons. The predicted molar refractivity (Wildman–Crippen MR) is 167 cm³/mol. The molecule has 7 rings (SSSR count). The van der Waals surface area contributed by atoms with Gasteiger partial charge in [-0.15, -0.1) is 0 Å². The van der Waals surface area contributed by atoms with E-state index in [1.54, 1.807) is 41.7 Å².